The lowest BCUT2D eigenvalue weighted by molar-refractivity contribution is 1.11. The van der Waals surface area contributed by atoms with Crippen molar-refractivity contribution in [3.63, 3.8) is 0 Å². The Morgan fingerprint density at radius 2 is 2.21 bits per heavy atom. The molecular weight excluding hydrogens is 192 g/mol. The van der Waals surface area contributed by atoms with Crippen LogP contribution in [0, 0.1) is 6.92 Å². The lowest BCUT2D eigenvalue weighted by Gasteiger charge is -2.03. The molecule has 0 unspecified atom stereocenters. The van der Waals surface area contributed by atoms with E-state index in [2.05, 4.69) is 24.0 Å². The van der Waals surface area contributed by atoms with Crippen LogP contribution < -0.4 is 5.73 Å². The van der Waals surface area contributed by atoms with Crippen molar-refractivity contribution in [2.45, 2.75) is 25.7 Å². The quantitative estimate of drug-likeness (QED) is 0.775. The third-order valence-electron chi connectivity index (χ3n) is 2.89. The van der Waals surface area contributed by atoms with Crippen molar-refractivity contribution in [1.82, 2.24) is 4.98 Å². The highest BCUT2D eigenvalue weighted by Gasteiger charge is 2.26. The largest absolute Gasteiger partial charge is 0.375 e. The Morgan fingerprint density at radius 1 is 1.43 bits per heavy atom. The number of nitrogen functional groups attached to an aromatic ring is 1. The van der Waals surface area contributed by atoms with Crippen molar-refractivity contribution in [1.29, 1.82) is 0 Å². The van der Waals surface area contributed by atoms with Crippen LogP contribution in [0.25, 0.3) is 10.2 Å². The Morgan fingerprint density at radius 3 is 2.93 bits per heavy atom. The van der Waals surface area contributed by atoms with E-state index < -0.39 is 0 Å². The number of aryl methyl sites for hydroxylation is 1. The maximum absolute atomic E-state index is 5.71. The van der Waals surface area contributed by atoms with Gasteiger partial charge in [-0.25, -0.2) is 4.98 Å². The fourth-order valence-electron chi connectivity index (χ4n) is 1.99. The molecule has 1 aromatic carbocycles. The Bertz CT molecular complexity index is 497. The summed E-state index contributed by atoms with van der Waals surface area (Å²) in [6.45, 7) is 2.16. The minimum atomic E-state index is 0.677. The van der Waals surface area contributed by atoms with Crippen LogP contribution in [0.15, 0.2) is 12.1 Å². The first-order valence-corrected chi connectivity index (χ1v) is 5.73. The van der Waals surface area contributed by atoms with E-state index in [1.807, 2.05) is 0 Å². The van der Waals surface area contributed by atoms with Crippen LogP contribution in [0.3, 0.4) is 0 Å². The Labute approximate surface area is 86.8 Å². The molecule has 1 heterocycles. The number of thiazole rings is 1. The monoisotopic (exact) mass is 204 g/mol. The van der Waals surface area contributed by atoms with Gasteiger partial charge < -0.3 is 5.73 Å². The molecule has 14 heavy (non-hydrogen) atoms. The molecular formula is C11H12N2S. The molecule has 1 aliphatic rings. The zero-order valence-corrected chi connectivity index (χ0v) is 8.90. The average molecular weight is 204 g/mol. The highest BCUT2D eigenvalue weighted by atomic mass is 32.1. The van der Waals surface area contributed by atoms with E-state index in [9.17, 15) is 0 Å². The summed E-state index contributed by atoms with van der Waals surface area (Å²) in [5.41, 5.74) is 9.62. The van der Waals surface area contributed by atoms with Crippen LogP contribution in [-0.2, 0) is 0 Å². The van der Waals surface area contributed by atoms with Gasteiger partial charge in [0.15, 0.2) is 5.13 Å². The maximum Gasteiger partial charge on any atom is 0.181 e. The van der Waals surface area contributed by atoms with E-state index in [-0.39, 0.29) is 0 Å². The second-order valence-corrected chi connectivity index (χ2v) is 5.02. The van der Waals surface area contributed by atoms with Gasteiger partial charge in [-0.3, -0.25) is 0 Å². The minimum Gasteiger partial charge on any atom is -0.375 e. The van der Waals surface area contributed by atoms with E-state index >= 15 is 0 Å². The number of nitrogens with zero attached hydrogens (tertiary/aromatic N) is 1. The third kappa shape index (κ3) is 1.12. The molecule has 0 bridgehead atoms. The molecule has 2 nitrogen and oxygen atoms in total. The Hall–Kier alpha value is -1.09. The van der Waals surface area contributed by atoms with E-state index in [0.29, 0.717) is 5.13 Å². The number of hydrogen-bond acceptors (Lipinski definition) is 3. The molecule has 2 aromatic rings. The summed E-state index contributed by atoms with van der Waals surface area (Å²) in [7, 11) is 0. The minimum absolute atomic E-state index is 0.677. The van der Waals surface area contributed by atoms with E-state index in [0.717, 1.165) is 11.4 Å². The Balaban J connectivity index is 2.29. The first-order chi connectivity index (χ1) is 6.75. The van der Waals surface area contributed by atoms with Crippen LogP contribution in [0.4, 0.5) is 5.13 Å². The predicted molar refractivity (Wildman–Crippen MR) is 60.7 cm³/mol. The van der Waals surface area contributed by atoms with Crippen molar-refractivity contribution >= 4 is 26.7 Å². The molecule has 0 aliphatic heterocycles. The maximum atomic E-state index is 5.71. The van der Waals surface area contributed by atoms with Gasteiger partial charge in [0.05, 0.1) is 10.2 Å². The number of rotatable bonds is 1. The van der Waals surface area contributed by atoms with Gasteiger partial charge in [0, 0.05) is 0 Å². The van der Waals surface area contributed by atoms with Crippen LogP contribution in [0.5, 0.6) is 0 Å². The van der Waals surface area contributed by atoms with Gasteiger partial charge in [-0.15, -0.1) is 0 Å². The smallest absolute Gasteiger partial charge is 0.181 e. The molecule has 0 radical (unpaired) electrons. The SMILES string of the molecule is Cc1c(C2CC2)ccc2sc(N)nc12. The van der Waals surface area contributed by atoms with E-state index in [1.54, 1.807) is 11.3 Å². The lowest BCUT2D eigenvalue weighted by atomic mass is 10.0. The lowest BCUT2D eigenvalue weighted by Crippen LogP contribution is -1.87. The molecule has 0 saturated heterocycles. The fourth-order valence-corrected chi connectivity index (χ4v) is 2.79. The first-order valence-electron chi connectivity index (χ1n) is 4.91. The molecule has 3 heteroatoms. The van der Waals surface area contributed by atoms with Gasteiger partial charge in [-0.2, -0.15) is 0 Å². The van der Waals surface area contributed by atoms with Crippen LogP contribution >= 0.6 is 11.3 Å². The molecule has 0 amide bonds. The average Bonchev–Trinajstić information content (AvgIpc) is 2.89. The normalized spacial score (nSPS) is 16.4. The van der Waals surface area contributed by atoms with Crippen molar-refractivity contribution in [3.05, 3.63) is 23.3 Å². The summed E-state index contributed by atoms with van der Waals surface area (Å²) < 4.78 is 1.21. The molecule has 0 atom stereocenters. The van der Waals surface area contributed by atoms with Crippen LogP contribution in [0.1, 0.15) is 29.9 Å². The second-order valence-electron chi connectivity index (χ2n) is 3.95. The summed E-state index contributed by atoms with van der Waals surface area (Å²) in [5.74, 6) is 0.794. The standard InChI is InChI=1S/C11H12N2S/c1-6-8(7-2-3-7)4-5-9-10(6)13-11(12)14-9/h4-5,7H,2-3H2,1H3,(H2,12,13). The van der Waals surface area contributed by atoms with Gasteiger partial charge in [-0.05, 0) is 42.9 Å². The van der Waals surface area contributed by atoms with Gasteiger partial charge in [0.2, 0.25) is 0 Å². The Kier molecular flexibility index (Phi) is 1.59. The highest BCUT2D eigenvalue weighted by molar-refractivity contribution is 7.22. The van der Waals surface area contributed by atoms with Crippen molar-refractivity contribution < 1.29 is 0 Å². The molecule has 1 saturated carbocycles. The van der Waals surface area contributed by atoms with Gasteiger partial charge >= 0.3 is 0 Å². The third-order valence-corrected chi connectivity index (χ3v) is 3.74. The molecule has 1 aromatic heterocycles. The number of nitrogens with two attached hydrogens (primary N) is 1. The van der Waals surface area contributed by atoms with Crippen molar-refractivity contribution in [2.75, 3.05) is 5.73 Å². The fraction of sp³-hybridized carbons (Fsp3) is 0.364. The highest BCUT2D eigenvalue weighted by Crippen LogP contribution is 2.43. The molecule has 1 fully saturated rings. The summed E-state index contributed by atoms with van der Waals surface area (Å²) >= 11 is 1.57. The summed E-state index contributed by atoms with van der Waals surface area (Å²) in [5, 5.41) is 0.677. The van der Waals surface area contributed by atoms with Crippen molar-refractivity contribution in [2.24, 2.45) is 0 Å². The topological polar surface area (TPSA) is 38.9 Å². The molecule has 2 N–H and O–H groups in total. The summed E-state index contributed by atoms with van der Waals surface area (Å²) in [6.07, 6.45) is 2.68. The number of benzene rings is 1. The van der Waals surface area contributed by atoms with Crippen LogP contribution in [-0.4, -0.2) is 4.98 Å². The van der Waals surface area contributed by atoms with Gasteiger partial charge in [-0.1, -0.05) is 17.4 Å². The van der Waals surface area contributed by atoms with Gasteiger partial charge in [0.25, 0.3) is 0 Å². The number of aromatic nitrogens is 1. The second kappa shape index (κ2) is 2.70. The van der Waals surface area contributed by atoms with E-state index in [4.69, 9.17) is 5.73 Å². The number of fused-ring (bicyclic) bond motifs is 1. The summed E-state index contributed by atoms with van der Waals surface area (Å²) in [6, 6.07) is 4.40. The molecule has 1 aliphatic carbocycles. The number of anilines is 1. The molecule has 3 rings (SSSR count). The van der Waals surface area contributed by atoms with Crippen LogP contribution in [0.2, 0.25) is 0 Å². The summed E-state index contributed by atoms with van der Waals surface area (Å²) in [4.78, 5) is 4.38. The predicted octanol–water partition coefficient (Wildman–Crippen LogP) is 3.06. The van der Waals surface area contributed by atoms with Crippen molar-refractivity contribution in [3.8, 4) is 0 Å². The zero-order valence-electron chi connectivity index (χ0n) is 8.08. The number of hydrogen-bond donors (Lipinski definition) is 1. The molecule has 0 spiro atoms. The molecule has 72 valence electrons. The van der Waals surface area contributed by atoms with E-state index in [1.165, 1.54) is 28.7 Å². The van der Waals surface area contributed by atoms with Gasteiger partial charge in [0.1, 0.15) is 0 Å². The zero-order chi connectivity index (χ0) is 9.71. The first kappa shape index (κ1) is 8.24.